The van der Waals surface area contributed by atoms with Crippen molar-refractivity contribution in [2.45, 2.75) is 0 Å². The lowest BCUT2D eigenvalue weighted by Gasteiger charge is -2.13. The fraction of sp³-hybridized carbons (Fsp3) is 0. The molecule has 0 amide bonds. The van der Waals surface area contributed by atoms with Crippen molar-refractivity contribution in [2.75, 3.05) is 0 Å². The van der Waals surface area contributed by atoms with Gasteiger partial charge in [0.15, 0.2) is 0 Å². The summed E-state index contributed by atoms with van der Waals surface area (Å²) < 4.78 is 0. The predicted octanol–water partition coefficient (Wildman–Crippen LogP) is 10.6. The van der Waals surface area contributed by atoms with Crippen LogP contribution in [0.2, 0.25) is 0 Å². The van der Waals surface area contributed by atoms with Crippen LogP contribution in [0.5, 0.6) is 0 Å². The lowest BCUT2D eigenvalue weighted by Crippen LogP contribution is -1.91. The van der Waals surface area contributed by atoms with Crippen LogP contribution < -0.4 is 0 Å². The molecule has 42 heavy (non-hydrogen) atoms. The van der Waals surface area contributed by atoms with E-state index in [0.29, 0.717) is 0 Å². The van der Waals surface area contributed by atoms with Crippen LogP contribution in [-0.4, -0.2) is 9.97 Å². The zero-order valence-corrected chi connectivity index (χ0v) is 22.9. The number of fused-ring (bicyclic) bond motifs is 4. The summed E-state index contributed by atoms with van der Waals surface area (Å²) in [5.41, 5.74) is 10.2. The molecule has 2 heteroatoms. The molecule has 0 unspecified atom stereocenters. The Morgan fingerprint density at radius 3 is 1.74 bits per heavy atom. The van der Waals surface area contributed by atoms with E-state index >= 15 is 0 Å². The standard InChI is InChI=1S/C40H26N2/c1-2-8-29(9-3-1)36-24-39(42-38-23-22-30-10-4-7-13-35(30)40(36)38)32-20-16-28(17-21-32)27-14-18-31(19-15-27)37-26-41-25-33-11-5-6-12-34(33)37/h1-26H. The first kappa shape index (κ1) is 24.2. The largest absolute Gasteiger partial charge is 0.263 e. The highest BCUT2D eigenvalue weighted by molar-refractivity contribution is 6.13. The van der Waals surface area contributed by atoms with Gasteiger partial charge in [-0.3, -0.25) is 4.98 Å². The van der Waals surface area contributed by atoms with Crippen LogP contribution >= 0.6 is 0 Å². The molecule has 0 bridgehead atoms. The summed E-state index contributed by atoms with van der Waals surface area (Å²) in [5.74, 6) is 0. The molecule has 0 spiro atoms. The van der Waals surface area contributed by atoms with Gasteiger partial charge in [0, 0.05) is 34.3 Å². The lowest BCUT2D eigenvalue weighted by atomic mass is 9.94. The molecular formula is C40H26N2. The quantitative estimate of drug-likeness (QED) is 0.210. The molecule has 0 aliphatic rings. The van der Waals surface area contributed by atoms with E-state index in [1.54, 1.807) is 0 Å². The van der Waals surface area contributed by atoms with Crippen molar-refractivity contribution in [3.05, 3.63) is 158 Å². The third-order valence-corrected chi connectivity index (χ3v) is 8.16. The Hall–Kier alpha value is -5.60. The Bertz CT molecular complexity index is 2210. The minimum absolute atomic E-state index is 0.974. The number of aromatic nitrogens is 2. The second-order valence-electron chi connectivity index (χ2n) is 10.7. The lowest BCUT2D eigenvalue weighted by molar-refractivity contribution is 1.36. The van der Waals surface area contributed by atoms with Crippen molar-refractivity contribution in [3.8, 4) is 44.6 Å². The molecule has 0 N–H and O–H groups in total. The highest BCUT2D eigenvalue weighted by Crippen LogP contribution is 2.37. The minimum atomic E-state index is 0.974. The zero-order valence-electron chi connectivity index (χ0n) is 22.9. The van der Waals surface area contributed by atoms with E-state index in [1.807, 2.05) is 12.4 Å². The summed E-state index contributed by atoms with van der Waals surface area (Å²) in [6.45, 7) is 0. The van der Waals surface area contributed by atoms with Gasteiger partial charge in [0.25, 0.3) is 0 Å². The number of hydrogen-bond donors (Lipinski definition) is 0. The molecule has 2 aromatic heterocycles. The Balaban J connectivity index is 1.17. The number of benzene rings is 6. The van der Waals surface area contributed by atoms with Crippen molar-refractivity contribution in [1.82, 2.24) is 9.97 Å². The summed E-state index contributed by atoms with van der Waals surface area (Å²) in [4.78, 5) is 9.61. The van der Waals surface area contributed by atoms with Gasteiger partial charge in [-0.1, -0.05) is 133 Å². The monoisotopic (exact) mass is 534 g/mol. The Labute approximate surface area is 244 Å². The second-order valence-corrected chi connectivity index (χ2v) is 10.7. The van der Waals surface area contributed by atoms with Gasteiger partial charge in [0.05, 0.1) is 11.2 Å². The third-order valence-electron chi connectivity index (χ3n) is 8.16. The molecule has 8 aromatic rings. The van der Waals surface area contributed by atoms with E-state index < -0.39 is 0 Å². The van der Waals surface area contributed by atoms with Crippen molar-refractivity contribution in [3.63, 3.8) is 0 Å². The van der Waals surface area contributed by atoms with E-state index in [-0.39, 0.29) is 0 Å². The molecule has 0 saturated carbocycles. The maximum atomic E-state index is 5.15. The third kappa shape index (κ3) is 4.22. The van der Waals surface area contributed by atoms with E-state index in [0.717, 1.165) is 27.7 Å². The molecule has 0 fully saturated rings. The number of rotatable bonds is 4. The van der Waals surface area contributed by atoms with Gasteiger partial charge in [0.1, 0.15) is 0 Å². The molecular weight excluding hydrogens is 508 g/mol. The van der Waals surface area contributed by atoms with Gasteiger partial charge in [-0.25, -0.2) is 4.98 Å². The molecule has 0 saturated heterocycles. The van der Waals surface area contributed by atoms with E-state index in [4.69, 9.17) is 4.98 Å². The fourth-order valence-electron chi connectivity index (χ4n) is 6.02. The smallest absolute Gasteiger partial charge is 0.0722 e. The highest BCUT2D eigenvalue weighted by atomic mass is 14.7. The maximum Gasteiger partial charge on any atom is 0.0722 e. The van der Waals surface area contributed by atoms with E-state index in [2.05, 4.69) is 151 Å². The molecule has 0 aliphatic carbocycles. The van der Waals surface area contributed by atoms with E-state index in [1.165, 1.54) is 49.4 Å². The Morgan fingerprint density at radius 2 is 0.976 bits per heavy atom. The van der Waals surface area contributed by atoms with Gasteiger partial charge in [-0.15, -0.1) is 0 Å². The normalized spacial score (nSPS) is 11.3. The van der Waals surface area contributed by atoms with E-state index in [9.17, 15) is 0 Å². The van der Waals surface area contributed by atoms with Crippen molar-refractivity contribution >= 4 is 32.4 Å². The van der Waals surface area contributed by atoms with Crippen LogP contribution in [0.3, 0.4) is 0 Å². The van der Waals surface area contributed by atoms with Crippen molar-refractivity contribution in [1.29, 1.82) is 0 Å². The van der Waals surface area contributed by atoms with Crippen LogP contribution in [0.15, 0.2) is 158 Å². The van der Waals surface area contributed by atoms with Crippen LogP contribution in [0.1, 0.15) is 0 Å². The van der Waals surface area contributed by atoms with Crippen LogP contribution in [0.25, 0.3) is 77.1 Å². The molecule has 0 aliphatic heterocycles. The number of pyridine rings is 2. The van der Waals surface area contributed by atoms with Crippen LogP contribution in [0.4, 0.5) is 0 Å². The Morgan fingerprint density at radius 1 is 0.381 bits per heavy atom. The average Bonchev–Trinajstić information content (AvgIpc) is 3.08. The summed E-state index contributed by atoms with van der Waals surface area (Å²) in [7, 11) is 0. The fourth-order valence-corrected chi connectivity index (χ4v) is 6.02. The van der Waals surface area contributed by atoms with Gasteiger partial charge in [0.2, 0.25) is 0 Å². The molecule has 0 radical (unpaired) electrons. The SMILES string of the molecule is c1ccc(-c2cc(-c3ccc(-c4ccc(-c5cncc6ccccc56)cc4)cc3)nc3ccc4ccccc4c23)cc1. The first-order chi connectivity index (χ1) is 20.8. The van der Waals surface area contributed by atoms with Crippen molar-refractivity contribution in [2.24, 2.45) is 0 Å². The first-order valence-electron chi connectivity index (χ1n) is 14.2. The minimum Gasteiger partial charge on any atom is -0.263 e. The topological polar surface area (TPSA) is 25.8 Å². The summed E-state index contributed by atoms with van der Waals surface area (Å²) in [6.07, 6.45) is 3.87. The number of nitrogens with zero attached hydrogens (tertiary/aromatic N) is 2. The zero-order chi connectivity index (χ0) is 27.9. The van der Waals surface area contributed by atoms with Gasteiger partial charge < -0.3 is 0 Å². The summed E-state index contributed by atoms with van der Waals surface area (Å²) >= 11 is 0. The number of hydrogen-bond acceptors (Lipinski definition) is 2. The Kier molecular flexibility index (Phi) is 5.82. The van der Waals surface area contributed by atoms with Crippen LogP contribution in [-0.2, 0) is 0 Å². The molecule has 0 atom stereocenters. The predicted molar refractivity (Wildman–Crippen MR) is 176 cm³/mol. The van der Waals surface area contributed by atoms with Gasteiger partial charge in [-0.05, 0) is 56.1 Å². The molecule has 6 aromatic carbocycles. The van der Waals surface area contributed by atoms with Gasteiger partial charge >= 0.3 is 0 Å². The van der Waals surface area contributed by atoms with Gasteiger partial charge in [-0.2, -0.15) is 0 Å². The average molecular weight is 535 g/mol. The molecule has 2 heterocycles. The first-order valence-corrected chi connectivity index (χ1v) is 14.2. The molecule has 8 rings (SSSR count). The highest BCUT2D eigenvalue weighted by Gasteiger charge is 2.13. The molecule has 2 nitrogen and oxygen atoms in total. The maximum absolute atomic E-state index is 5.15. The molecule has 196 valence electrons. The summed E-state index contributed by atoms with van der Waals surface area (Å²) in [6, 6.07) is 51.7. The summed E-state index contributed by atoms with van der Waals surface area (Å²) in [5, 5.41) is 6.02. The van der Waals surface area contributed by atoms with Crippen LogP contribution in [0, 0.1) is 0 Å². The second kappa shape index (κ2) is 10.1. The van der Waals surface area contributed by atoms with Crippen molar-refractivity contribution < 1.29 is 0 Å².